The first-order valence-corrected chi connectivity index (χ1v) is 5.83. The molecule has 1 aromatic carbocycles. The van der Waals surface area contributed by atoms with Crippen LogP contribution in [0.15, 0.2) is 47.1 Å². The molecule has 1 heterocycles. The van der Waals surface area contributed by atoms with Crippen molar-refractivity contribution in [3.05, 3.63) is 52.6 Å². The van der Waals surface area contributed by atoms with Crippen LogP contribution in [0.3, 0.4) is 0 Å². The summed E-state index contributed by atoms with van der Waals surface area (Å²) in [6.07, 6.45) is 2.04. The molecule has 17 heavy (non-hydrogen) atoms. The summed E-state index contributed by atoms with van der Waals surface area (Å²) in [4.78, 5) is 4.08. The maximum Gasteiger partial charge on any atom is 0.219 e. The summed E-state index contributed by atoms with van der Waals surface area (Å²) in [5.74, 6) is 1.19. The molecule has 2 rings (SSSR count). The van der Waals surface area contributed by atoms with Gasteiger partial charge in [-0.25, -0.2) is 4.98 Å². The van der Waals surface area contributed by atoms with E-state index in [9.17, 15) is 0 Å². The van der Waals surface area contributed by atoms with E-state index in [2.05, 4.69) is 27.0 Å². The predicted molar refractivity (Wildman–Crippen MR) is 67.8 cm³/mol. The molecule has 0 aliphatic heterocycles. The highest BCUT2D eigenvalue weighted by Gasteiger charge is 2.04. The summed E-state index contributed by atoms with van der Waals surface area (Å²) < 4.78 is 6.47. The highest BCUT2D eigenvalue weighted by molar-refractivity contribution is 9.10. The van der Waals surface area contributed by atoms with Crippen molar-refractivity contribution in [3.63, 3.8) is 0 Å². The number of ether oxygens (including phenoxy) is 1. The lowest BCUT2D eigenvalue weighted by Crippen LogP contribution is -1.90. The molecule has 0 saturated heterocycles. The van der Waals surface area contributed by atoms with E-state index in [-0.39, 0.29) is 0 Å². The maximum absolute atomic E-state index is 8.65. The lowest BCUT2D eigenvalue weighted by Gasteiger charge is -2.07. The van der Waals surface area contributed by atoms with Gasteiger partial charge in [0.1, 0.15) is 5.75 Å². The molecular weight excluding hydrogens is 280 g/mol. The Kier molecular flexibility index (Phi) is 3.73. The Balaban J connectivity index is 2.26. The number of nitriles is 1. The second-order valence-corrected chi connectivity index (χ2v) is 4.22. The Hall–Kier alpha value is -1.86. The lowest BCUT2D eigenvalue weighted by molar-refractivity contribution is 0.459. The third-order valence-corrected chi connectivity index (χ3v) is 2.79. The van der Waals surface area contributed by atoms with Gasteiger partial charge in [0, 0.05) is 12.3 Å². The minimum Gasteiger partial charge on any atom is -0.438 e. The molecule has 0 bridgehead atoms. The topological polar surface area (TPSA) is 45.9 Å². The number of aromatic nitrogens is 1. The Labute approximate surface area is 108 Å². The molecule has 0 aliphatic carbocycles. The van der Waals surface area contributed by atoms with Gasteiger partial charge in [0.25, 0.3) is 0 Å². The van der Waals surface area contributed by atoms with Gasteiger partial charge >= 0.3 is 0 Å². The molecule has 0 spiro atoms. The molecule has 0 fully saturated rings. The van der Waals surface area contributed by atoms with Crippen LogP contribution in [0.5, 0.6) is 11.6 Å². The average Bonchev–Trinajstić information content (AvgIpc) is 2.35. The van der Waals surface area contributed by atoms with E-state index in [0.717, 1.165) is 10.0 Å². The molecule has 0 radical (unpaired) electrons. The minimum absolute atomic E-state index is 0.367. The third-order valence-electron chi connectivity index (χ3n) is 2.13. The van der Waals surface area contributed by atoms with Crippen molar-refractivity contribution >= 4 is 15.9 Å². The van der Waals surface area contributed by atoms with Crippen molar-refractivity contribution in [1.29, 1.82) is 5.26 Å². The van der Waals surface area contributed by atoms with Crippen LogP contribution in [-0.2, 0) is 6.42 Å². The molecule has 1 aromatic heterocycles. The zero-order valence-electron chi connectivity index (χ0n) is 8.93. The van der Waals surface area contributed by atoms with E-state index < -0.39 is 0 Å². The van der Waals surface area contributed by atoms with Crippen molar-refractivity contribution in [2.75, 3.05) is 0 Å². The van der Waals surface area contributed by atoms with Crippen molar-refractivity contribution in [3.8, 4) is 17.7 Å². The van der Waals surface area contributed by atoms with Crippen LogP contribution in [0.25, 0.3) is 0 Å². The summed E-state index contributed by atoms with van der Waals surface area (Å²) in [6, 6.07) is 13.2. The number of pyridine rings is 1. The molecule has 2 aromatic rings. The van der Waals surface area contributed by atoms with Crippen LogP contribution >= 0.6 is 15.9 Å². The fraction of sp³-hybridized carbons (Fsp3) is 0.0769. The lowest BCUT2D eigenvalue weighted by atomic mass is 10.1. The highest BCUT2D eigenvalue weighted by atomic mass is 79.9. The fourth-order valence-electron chi connectivity index (χ4n) is 1.35. The Morgan fingerprint density at radius 3 is 2.88 bits per heavy atom. The van der Waals surface area contributed by atoms with Gasteiger partial charge < -0.3 is 4.74 Å². The number of rotatable bonds is 3. The molecule has 3 nitrogen and oxygen atoms in total. The molecule has 84 valence electrons. The van der Waals surface area contributed by atoms with Crippen LogP contribution in [0.2, 0.25) is 0 Å². The van der Waals surface area contributed by atoms with Crippen LogP contribution in [-0.4, -0.2) is 4.98 Å². The SMILES string of the molecule is N#CCc1ccc(Br)c(Oc2ccccn2)c1. The van der Waals surface area contributed by atoms with Gasteiger partial charge in [-0.2, -0.15) is 5.26 Å². The number of halogens is 1. The molecule has 0 N–H and O–H groups in total. The molecular formula is C13H9BrN2O. The first-order valence-electron chi connectivity index (χ1n) is 5.04. The van der Waals surface area contributed by atoms with Crippen molar-refractivity contribution in [1.82, 2.24) is 4.98 Å². The molecule has 0 unspecified atom stereocenters. The molecule has 0 saturated carbocycles. The summed E-state index contributed by atoms with van der Waals surface area (Å²) in [5, 5.41) is 8.65. The fourth-order valence-corrected chi connectivity index (χ4v) is 1.67. The third kappa shape index (κ3) is 3.05. The predicted octanol–water partition coefficient (Wildman–Crippen LogP) is 3.70. The van der Waals surface area contributed by atoms with Gasteiger partial charge in [0.2, 0.25) is 5.88 Å². The van der Waals surface area contributed by atoms with E-state index in [4.69, 9.17) is 10.00 Å². The van der Waals surface area contributed by atoms with Crippen LogP contribution < -0.4 is 4.74 Å². The van der Waals surface area contributed by atoms with Crippen LogP contribution in [0.4, 0.5) is 0 Å². The normalized spacial score (nSPS) is 9.65. The largest absolute Gasteiger partial charge is 0.438 e. The average molecular weight is 289 g/mol. The van der Waals surface area contributed by atoms with E-state index in [1.807, 2.05) is 30.3 Å². The Morgan fingerprint density at radius 2 is 2.18 bits per heavy atom. The Bertz CT molecular complexity index is 549. The Morgan fingerprint density at radius 1 is 1.29 bits per heavy atom. The molecule has 0 aliphatic rings. The van der Waals surface area contributed by atoms with Crippen LogP contribution in [0.1, 0.15) is 5.56 Å². The van der Waals surface area contributed by atoms with Gasteiger partial charge in [-0.05, 0) is 39.7 Å². The molecule has 0 atom stereocenters. The van der Waals surface area contributed by atoms with Gasteiger partial charge in [0.05, 0.1) is 17.0 Å². The minimum atomic E-state index is 0.367. The first-order chi connectivity index (χ1) is 8.29. The van der Waals surface area contributed by atoms with E-state index >= 15 is 0 Å². The van der Waals surface area contributed by atoms with Gasteiger partial charge in [-0.15, -0.1) is 0 Å². The monoisotopic (exact) mass is 288 g/mol. The van der Waals surface area contributed by atoms with Gasteiger partial charge in [-0.3, -0.25) is 0 Å². The smallest absolute Gasteiger partial charge is 0.219 e. The van der Waals surface area contributed by atoms with Crippen molar-refractivity contribution in [2.45, 2.75) is 6.42 Å². The summed E-state index contributed by atoms with van der Waals surface area (Å²) >= 11 is 3.40. The van der Waals surface area contributed by atoms with E-state index in [1.165, 1.54) is 0 Å². The van der Waals surface area contributed by atoms with Crippen LogP contribution in [0, 0.1) is 11.3 Å². The zero-order valence-corrected chi connectivity index (χ0v) is 10.5. The quantitative estimate of drug-likeness (QED) is 0.865. The number of benzene rings is 1. The second-order valence-electron chi connectivity index (χ2n) is 3.37. The first kappa shape index (κ1) is 11.6. The zero-order chi connectivity index (χ0) is 12.1. The second kappa shape index (κ2) is 5.46. The highest BCUT2D eigenvalue weighted by Crippen LogP contribution is 2.29. The van der Waals surface area contributed by atoms with E-state index in [0.29, 0.717) is 18.1 Å². The molecule has 4 heteroatoms. The number of hydrogen-bond donors (Lipinski definition) is 0. The molecule has 0 amide bonds. The summed E-state index contributed by atoms with van der Waals surface area (Å²) in [6.45, 7) is 0. The van der Waals surface area contributed by atoms with Gasteiger partial charge in [-0.1, -0.05) is 12.1 Å². The number of nitrogens with zero attached hydrogens (tertiary/aromatic N) is 2. The van der Waals surface area contributed by atoms with E-state index in [1.54, 1.807) is 12.3 Å². The standard InChI is InChI=1S/C13H9BrN2O/c14-11-5-4-10(6-7-15)9-12(11)17-13-3-1-2-8-16-13/h1-5,8-9H,6H2. The number of hydrogen-bond acceptors (Lipinski definition) is 3. The summed E-state index contributed by atoms with van der Waals surface area (Å²) in [5.41, 5.74) is 0.918. The maximum atomic E-state index is 8.65. The summed E-state index contributed by atoms with van der Waals surface area (Å²) in [7, 11) is 0. The van der Waals surface area contributed by atoms with Crippen molar-refractivity contribution in [2.24, 2.45) is 0 Å². The van der Waals surface area contributed by atoms with Gasteiger partial charge in [0.15, 0.2) is 0 Å². The van der Waals surface area contributed by atoms with Crippen molar-refractivity contribution < 1.29 is 4.74 Å².